The molecule has 0 N–H and O–H groups in total. The third-order valence-corrected chi connectivity index (χ3v) is 24.4. The van der Waals surface area contributed by atoms with Gasteiger partial charge in [-0.1, -0.05) is 276 Å². The molecule has 0 saturated heterocycles. The lowest BCUT2D eigenvalue weighted by Crippen LogP contribution is -2.64. The molecule has 0 bridgehead atoms. The Labute approximate surface area is 596 Å². The van der Waals surface area contributed by atoms with Crippen LogP contribution in [0.5, 0.6) is 0 Å². The van der Waals surface area contributed by atoms with Crippen LogP contribution in [0.25, 0.3) is 99.2 Å². The van der Waals surface area contributed by atoms with Gasteiger partial charge in [0.05, 0.1) is 33.4 Å². The first-order valence-corrected chi connectivity index (χ1v) is 36.9. The first kappa shape index (κ1) is 58.8. The molecule has 0 unspecified atom stereocenters. The number of hydrogen-bond acceptors (Lipinski definition) is 5. The Morgan fingerprint density at radius 2 is 0.723 bits per heavy atom. The Bertz CT molecular complexity index is 6250. The molecule has 478 valence electrons. The molecule has 0 amide bonds. The minimum absolute atomic E-state index is 0.159. The summed E-state index contributed by atoms with van der Waals surface area (Å²) in [6.45, 7) is 13.9. The van der Waals surface area contributed by atoms with E-state index in [0.717, 1.165) is 78.3 Å². The maximum Gasteiger partial charge on any atom is 0.249 e. The normalized spacial score (nSPS) is 13.7. The van der Waals surface area contributed by atoms with Crippen molar-refractivity contribution in [1.29, 1.82) is 0 Å². The molecular formula is C92H66B2N4OS2. The number of nitrogens with zero attached hydrogens (tertiary/aromatic N) is 4. The van der Waals surface area contributed by atoms with Crippen LogP contribution in [0.4, 0.5) is 34.1 Å². The zero-order valence-corrected chi connectivity index (χ0v) is 58.5. The molecule has 5 nitrogen and oxygen atoms in total. The number of furan rings is 1. The number of aromatic nitrogens is 2. The molecule has 14 aromatic carbocycles. The van der Waals surface area contributed by atoms with Crippen LogP contribution >= 0.6 is 23.5 Å². The van der Waals surface area contributed by atoms with Crippen LogP contribution < -0.4 is 42.6 Å². The van der Waals surface area contributed by atoms with E-state index < -0.39 is 0 Å². The number of fused-ring (bicyclic) bond motifs is 17. The van der Waals surface area contributed by atoms with E-state index in [-0.39, 0.29) is 24.3 Å². The predicted octanol–water partition coefficient (Wildman–Crippen LogP) is 21.2. The highest BCUT2D eigenvalue weighted by Crippen LogP contribution is 2.54. The first-order chi connectivity index (χ1) is 49.4. The van der Waals surface area contributed by atoms with Crippen LogP contribution in [0, 0.1) is 0 Å². The second kappa shape index (κ2) is 21.7. The number of hydrogen-bond donors (Lipinski definition) is 0. The lowest BCUT2D eigenvalue weighted by Gasteiger charge is -2.45. The van der Waals surface area contributed by atoms with E-state index in [1.54, 1.807) is 0 Å². The maximum absolute atomic E-state index is 7.27. The highest BCUT2D eigenvalue weighted by Gasteiger charge is 2.48. The molecular weight excluding hydrogens is 1260 g/mol. The molecule has 0 fully saturated rings. The van der Waals surface area contributed by atoms with Crippen LogP contribution in [0.15, 0.2) is 315 Å². The molecule has 17 aromatic rings. The van der Waals surface area contributed by atoms with Gasteiger partial charge in [0.1, 0.15) is 5.58 Å². The van der Waals surface area contributed by atoms with E-state index in [9.17, 15) is 0 Å². The van der Waals surface area contributed by atoms with Gasteiger partial charge in [-0.3, -0.25) is 0 Å². The summed E-state index contributed by atoms with van der Waals surface area (Å²) < 4.78 is 12.2. The van der Waals surface area contributed by atoms with Crippen LogP contribution in [0.2, 0.25) is 0 Å². The van der Waals surface area contributed by atoms with Crippen LogP contribution in [0.3, 0.4) is 0 Å². The minimum atomic E-state index is -0.211. The van der Waals surface area contributed by atoms with Crippen molar-refractivity contribution in [3.8, 4) is 33.6 Å². The molecule has 0 spiro atoms. The van der Waals surface area contributed by atoms with E-state index in [1.807, 2.05) is 23.5 Å². The van der Waals surface area contributed by atoms with Gasteiger partial charge in [-0.25, -0.2) is 0 Å². The second-order valence-corrected chi connectivity index (χ2v) is 32.1. The predicted molar refractivity (Wildman–Crippen MR) is 430 cm³/mol. The van der Waals surface area contributed by atoms with Crippen molar-refractivity contribution in [1.82, 2.24) is 9.13 Å². The topological polar surface area (TPSA) is 29.5 Å². The zero-order valence-electron chi connectivity index (χ0n) is 56.9. The highest BCUT2D eigenvalue weighted by molar-refractivity contribution is 8.00. The molecule has 0 aliphatic carbocycles. The summed E-state index contributed by atoms with van der Waals surface area (Å²) in [6, 6.07) is 110. The molecule has 0 atom stereocenters. The minimum Gasteiger partial charge on any atom is -0.454 e. The Hall–Kier alpha value is -11.1. The number of benzene rings is 14. The number of rotatable bonds is 6. The van der Waals surface area contributed by atoms with Crippen LogP contribution in [0.1, 0.15) is 52.7 Å². The smallest absolute Gasteiger partial charge is 0.249 e. The molecule has 21 rings (SSSR count). The average molecular weight is 1330 g/mol. The standard InChI is InChI=1S/C92H66B2N4OS2/c1-91(2,3)57-47-80-87-85(49-57)100-83-51-59(95-73-37-18-13-29-63(73)64-30-14-19-38-74(64)95)43-45-69(83)93(87)71-53-72-79(54-78(71)97(80)77-41-24-36-68-67-33-17-22-42-82(67)99-90(68)77)98(89-61(55-25-9-7-10-26-55)34-23-35-62(89)56-27-11-8-12-28-56)81-48-58(92(4,5)6)50-86-88(81)94(72)70-46-44-60(52-84(70)101-86)96-75-39-20-15-31-65(75)66-32-16-21-40-76(66)96/h7-54H,1-6H3. The largest absolute Gasteiger partial charge is 0.454 e. The summed E-state index contributed by atoms with van der Waals surface area (Å²) in [6.07, 6.45) is 0. The van der Waals surface area contributed by atoms with Gasteiger partial charge >= 0.3 is 0 Å². The fourth-order valence-corrected chi connectivity index (χ4v) is 19.9. The molecule has 3 aromatic heterocycles. The summed E-state index contributed by atoms with van der Waals surface area (Å²) in [4.78, 5) is 10.4. The highest BCUT2D eigenvalue weighted by atomic mass is 32.2. The number of para-hydroxylation sites is 7. The van der Waals surface area contributed by atoms with Gasteiger partial charge in [-0.2, -0.15) is 0 Å². The Balaban J connectivity index is 0.902. The van der Waals surface area contributed by atoms with Gasteiger partial charge in [0.25, 0.3) is 0 Å². The average Bonchev–Trinajstić information content (AvgIpc) is 1.17. The van der Waals surface area contributed by atoms with Gasteiger partial charge in [-0.15, -0.1) is 0 Å². The Kier molecular flexibility index (Phi) is 12.6. The lowest BCUT2D eigenvalue weighted by molar-refractivity contribution is 0.589. The van der Waals surface area contributed by atoms with Crippen molar-refractivity contribution in [2.45, 2.75) is 72.0 Å². The molecule has 0 saturated carbocycles. The van der Waals surface area contributed by atoms with Crippen molar-refractivity contribution < 1.29 is 4.42 Å². The van der Waals surface area contributed by atoms with Crippen molar-refractivity contribution in [2.24, 2.45) is 0 Å². The summed E-state index contributed by atoms with van der Waals surface area (Å²) >= 11 is 3.88. The van der Waals surface area contributed by atoms with E-state index in [4.69, 9.17) is 4.42 Å². The van der Waals surface area contributed by atoms with Crippen molar-refractivity contribution in [3.05, 3.63) is 302 Å². The van der Waals surface area contributed by atoms with Gasteiger partial charge in [0.15, 0.2) is 5.58 Å². The van der Waals surface area contributed by atoms with E-state index in [1.165, 1.54) is 118 Å². The lowest BCUT2D eigenvalue weighted by atomic mass is 9.31. The molecule has 0 radical (unpaired) electrons. The summed E-state index contributed by atoms with van der Waals surface area (Å²) in [5.74, 6) is 0. The molecule has 4 aliphatic rings. The van der Waals surface area contributed by atoms with Crippen LogP contribution in [-0.2, 0) is 10.8 Å². The summed E-state index contributed by atoms with van der Waals surface area (Å²) in [5, 5.41) is 7.22. The van der Waals surface area contributed by atoms with Gasteiger partial charge < -0.3 is 23.4 Å². The maximum atomic E-state index is 7.27. The molecule has 101 heavy (non-hydrogen) atoms. The molecule has 4 aliphatic heterocycles. The molecule has 7 heterocycles. The van der Waals surface area contributed by atoms with Crippen LogP contribution in [-0.4, -0.2) is 22.6 Å². The Morgan fingerprint density at radius 1 is 0.307 bits per heavy atom. The fourth-order valence-electron chi connectivity index (χ4n) is 17.4. The van der Waals surface area contributed by atoms with Crippen molar-refractivity contribution >= 4 is 169 Å². The summed E-state index contributed by atoms with van der Waals surface area (Å²) in [5.41, 5.74) is 30.3. The Morgan fingerprint density at radius 3 is 1.21 bits per heavy atom. The van der Waals surface area contributed by atoms with Crippen molar-refractivity contribution in [2.75, 3.05) is 9.80 Å². The fraction of sp³-hybridized carbons (Fsp3) is 0.0870. The third-order valence-electron chi connectivity index (χ3n) is 22.1. The van der Waals surface area contributed by atoms with Gasteiger partial charge in [0, 0.05) is 97.2 Å². The quantitative estimate of drug-likeness (QED) is 0.155. The SMILES string of the molecule is CC(C)(C)c1cc2c3c(c1)N(c1c(-c4ccccc4)cccc1-c1ccccc1)c1cc4c(cc1B3c1ccc(-n3c5ccccc5c5ccccc53)cc1S2)B1c2ccc(-n3c5ccccc5c5ccccc53)cc2Sc2cc(C(C)(C)C)cc(c21)N4c1cccc2c1oc1ccccc12. The monoisotopic (exact) mass is 1330 g/mol. The van der Waals surface area contributed by atoms with E-state index >= 15 is 0 Å². The third kappa shape index (κ3) is 8.70. The summed E-state index contributed by atoms with van der Waals surface area (Å²) in [7, 11) is 0. The van der Waals surface area contributed by atoms with E-state index in [0.29, 0.717) is 0 Å². The molecule has 9 heteroatoms. The number of anilines is 6. The zero-order chi connectivity index (χ0) is 67.3. The van der Waals surface area contributed by atoms with E-state index in [2.05, 4.69) is 352 Å². The van der Waals surface area contributed by atoms with Gasteiger partial charge in [0.2, 0.25) is 13.4 Å². The first-order valence-electron chi connectivity index (χ1n) is 35.3. The second-order valence-electron chi connectivity index (χ2n) is 29.9. The van der Waals surface area contributed by atoms with Gasteiger partial charge in [-0.05, 0) is 146 Å². The van der Waals surface area contributed by atoms with Crippen molar-refractivity contribution in [3.63, 3.8) is 0 Å².